The van der Waals surface area contributed by atoms with Crippen LogP contribution in [-0.4, -0.2) is 0 Å². The molecule has 1 nitrogen and oxygen atoms in total. The Bertz CT molecular complexity index is 2800. The molecule has 0 fully saturated rings. The van der Waals surface area contributed by atoms with E-state index in [1.807, 2.05) is 0 Å². The van der Waals surface area contributed by atoms with E-state index in [2.05, 4.69) is 182 Å². The third kappa shape index (κ3) is 4.47. The van der Waals surface area contributed by atoms with Crippen molar-refractivity contribution < 1.29 is 4.42 Å². The minimum Gasteiger partial charge on any atom is -0.456 e. The fraction of sp³-hybridized carbons (Fsp3) is 0. The molecule has 0 N–H and O–H groups in total. The molecular weight excluding hydrogens is 593 g/mol. The first kappa shape index (κ1) is 27.7. The summed E-state index contributed by atoms with van der Waals surface area (Å²) in [6.45, 7) is 0. The predicted octanol–water partition coefficient (Wildman–Crippen LogP) is 13.7. The predicted molar refractivity (Wildman–Crippen MR) is 208 cm³/mol. The maximum Gasteiger partial charge on any atom is 0.136 e. The number of rotatable bonds is 4. The monoisotopic (exact) mass is 622 g/mol. The molecule has 0 saturated heterocycles. The van der Waals surface area contributed by atoms with E-state index in [1.54, 1.807) is 0 Å². The normalized spacial score (nSPS) is 11.7. The summed E-state index contributed by atoms with van der Waals surface area (Å²) in [7, 11) is 0. The molecule has 10 aromatic rings. The molecule has 1 heteroatoms. The summed E-state index contributed by atoms with van der Waals surface area (Å²) in [6.07, 6.45) is 0. The van der Waals surface area contributed by atoms with E-state index < -0.39 is 0 Å². The molecule has 0 aliphatic rings. The summed E-state index contributed by atoms with van der Waals surface area (Å²) < 4.78 is 6.54. The molecule has 10 rings (SSSR count). The Morgan fingerprint density at radius 2 is 0.755 bits per heavy atom. The molecule has 0 spiro atoms. The van der Waals surface area contributed by atoms with Gasteiger partial charge in [-0.2, -0.15) is 0 Å². The van der Waals surface area contributed by atoms with Crippen LogP contribution in [0.15, 0.2) is 186 Å². The molecule has 0 amide bonds. The highest BCUT2D eigenvalue weighted by molar-refractivity contribution is 6.23. The average Bonchev–Trinajstić information content (AvgIpc) is 3.53. The Labute approximate surface area is 284 Å². The van der Waals surface area contributed by atoms with Gasteiger partial charge in [0.25, 0.3) is 0 Å². The molecule has 228 valence electrons. The van der Waals surface area contributed by atoms with Crippen LogP contribution in [-0.2, 0) is 0 Å². The second-order valence-electron chi connectivity index (χ2n) is 12.8. The molecule has 0 aliphatic heterocycles. The molecule has 49 heavy (non-hydrogen) atoms. The lowest BCUT2D eigenvalue weighted by molar-refractivity contribution is 0.669. The molecule has 0 radical (unpaired) electrons. The van der Waals surface area contributed by atoms with Crippen molar-refractivity contribution in [3.63, 3.8) is 0 Å². The van der Waals surface area contributed by atoms with Crippen molar-refractivity contribution in [3.05, 3.63) is 182 Å². The van der Waals surface area contributed by atoms with Gasteiger partial charge in [0.05, 0.1) is 0 Å². The van der Waals surface area contributed by atoms with Crippen molar-refractivity contribution in [2.75, 3.05) is 0 Å². The molecule has 0 aliphatic carbocycles. The SMILES string of the molecule is c1ccc(-c2ccc(-c3ccccc3-c3c4ccccc4c(-c4ccc5c(c4)oc4cc6ccccc6cc45)c4ccccc34)cc2)cc1. The van der Waals surface area contributed by atoms with Crippen LogP contribution in [0.2, 0.25) is 0 Å². The number of fused-ring (bicyclic) bond motifs is 6. The summed E-state index contributed by atoms with van der Waals surface area (Å²) in [4.78, 5) is 0. The zero-order valence-electron chi connectivity index (χ0n) is 26.7. The lowest BCUT2D eigenvalue weighted by Gasteiger charge is -2.19. The first-order chi connectivity index (χ1) is 24.3. The number of furan rings is 1. The minimum atomic E-state index is 0.907. The van der Waals surface area contributed by atoms with Gasteiger partial charge in [-0.25, -0.2) is 0 Å². The van der Waals surface area contributed by atoms with Crippen molar-refractivity contribution in [3.8, 4) is 44.5 Å². The highest BCUT2D eigenvalue weighted by Crippen LogP contribution is 2.47. The maximum absolute atomic E-state index is 6.54. The van der Waals surface area contributed by atoms with E-state index in [-0.39, 0.29) is 0 Å². The van der Waals surface area contributed by atoms with Crippen molar-refractivity contribution in [2.45, 2.75) is 0 Å². The van der Waals surface area contributed by atoms with E-state index in [9.17, 15) is 0 Å². The van der Waals surface area contributed by atoms with Crippen molar-refractivity contribution >= 4 is 54.3 Å². The quantitative estimate of drug-likeness (QED) is 0.178. The molecule has 0 bridgehead atoms. The molecule has 0 atom stereocenters. The van der Waals surface area contributed by atoms with Crippen LogP contribution in [0.3, 0.4) is 0 Å². The van der Waals surface area contributed by atoms with E-state index in [0.717, 1.165) is 27.5 Å². The molecule has 0 unspecified atom stereocenters. The van der Waals surface area contributed by atoms with Gasteiger partial charge in [-0.15, -0.1) is 0 Å². The van der Waals surface area contributed by atoms with Gasteiger partial charge >= 0.3 is 0 Å². The third-order valence-corrected chi connectivity index (χ3v) is 10.1. The van der Waals surface area contributed by atoms with Crippen LogP contribution in [0.25, 0.3) is 98.8 Å². The Morgan fingerprint density at radius 1 is 0.265 bits per heavy atom. The molecule has 9 aromatic carbocycles. The van der Waals surface area contributed by atoms with Crippen molar-refractivity contribution in [2.24, 2.45) is 0 Å². The van der Waals surface area contributed by atoms with Crippen LogP contribution >= 0.6 is 0 Å². The molecule has 0 saturated carbocycles. The van der Waals surface area contributed by atoms with Gasteiger partial charge in [0.15, 0.2) is 0 Å². The van der Waals surface area contributed by atoms with Gasteiger partial charge in [0.1, 0.15) is 11.2 Å². The fourth-order valence-corrected chi connectivity index (χ4v) is 7.77. The minimum absolute atomic E-state index is 0.907. The third-order valence-electron chi connectivity index (χ3n) is 10.1. The summed E-state index contributed by atoms with van der Waals surface area (Å²) >= 11 is 0. The number of hydrogen-bond acceptors (Lipinski definition) is 1. The van der Waals surface area contributed by atoms with Gasteiger partial charge in [-0.3, -0.25) is 0 Å². The highest BCUT2D eigenvalue weighted by atomic mass is 16.3. The Morgan fingerprint density at radius 3 is 1.45 bits per heavy atom. The van der Waals surface area contributed by atoms with Gasteiger partial charge in [0.2, 0.25) is 0 Å². The topological polar surface area (TPSA) is 13.1 Å². The van der Waals surface area contributed by atoms with Crippen LogP contribution in [0.4, 0.5) is 0 Å². The second-order valence-corrected chi connectivity index (χ2v) is 12.8. The van der Waals surface area contributed by atoms with E-state index >= 15 is 0 Å². The van der Waals surface area contributed by atoms with Gasteiger partial charge in [-0.1, -0.05) is 158 Å². The van der Waals surface area contributed by atoms with Gasteiger partial charge < -0.3 is 4.42 Å². The van der Waals surface area contributed by atoms with Crippen LogP contribution in [0.5, 0.6) is 0 Å². The first-order valence-corrected chi connectivity index (χ1v) is 16.8. The molecular formula is C48H30O. The second kappa shape index (κ2) is 11.1. The van der Waals surface area contributed by atoms with E-state index in [4.69, 9.17) is 4.42 Å². The largest absolute Gasteiger partial charge is 0.456 e. The average molecular weight is 623 g/mol. The van der Waals surface area contributed by atoms with E-state index in [0.29, 0.717) is 0 Å². The lowest BCUT2D eigenvalue weighted by Crippen LogP contribution is -1.92. The van der Waals surface area contributed by atoms with Gasteiger partial charge in [0, 0.05) is 10.8 Å². The summed E-state index contributed by atoms with van der Waals surface area (Å²) in [5, 5.41) is 9.64. The smallest absolute Gasteiger partial charge is 0.136 e. The van der Waals surface area contributed by atoms with Crippen LogP contribution in [0, 0.1) is 0 Å². The Hall–Kier alpha value is -6.44. The first-order valence-electron chi connectivity index (χ1n) is 16.8. The maximum atomic E-state index is 6.54. The summed E-state index contributed by atoms with van der Waals surface area (Å²) in [5.74, 6) is 0. The zero-order valence-corrected chi connectivity index (χ0v) is 26.7. The fourth-order valence-electron chi connectivity index (χ4n) is 7.77. The molecule has 1 heterocycles. The van der Waals surface area contributed by atoms with Gasteiger partial charge in [-0.05, 0) is 101 Å². The van der Waals surface area contributed by atoms with Crippen molar-refractivity contribution in [1.82, 2.24) is 0 Å². The summed E-state index contributed by atoms with van der Waals surface area (Å²) in [6, 6.07) is 65.8. The Kier molecular flexibility index (Phi) is 6.25. The van der Waals surface area contributed by atoms with Crippen molar-refractivity contribution in [1.29, 1.82) is 0 Å². The number of benzene rings is 9. The van der Waals surface area contributed by atoms with E-state index in [1.165, 1.54) is 71.3 Å². The molecule has 1 aromatic heterocycles. The Balaban J connectivity index is 1.19. The zero-order chi connectivity index (χ0) is 32.3. The van der Waals surface area contributed by atoms with Crippen LogP contribution < -0.4 is 0 Å². The number of hydrogen-bond donors (Lipinski definition) is 0. The lowest BCUT2D eigenvalue weighted by atomic mass is 9.83. The standard InChI is InChI=1S/C48H30O/c1-2-12-31(13-3-1)32-22-24-33(25-23-32)37-16-6-7-17-39(37)48-42-20-10-8-18-40(42)47(41-19-9-11-21-43(41)48)36-26-27-38-44-28-34-14-4-5-15-35(34)29-46(44)49-45(38)30-36/h1-30H. The summed E-state index contributed by atoms with van der Waals surface area (Å²) in [5.41, 5.74) is 11.6. The highest BCUT2D eigenvalue weighted by Gasteiger charge is 2.20. The van der Waals surface area contributed by atoms with Crippen LogP contribution in [0.1, 0.15) is 0 Å².